The number of benzene rings is 1. The third-order valence-corrected chi connectivity index (χ3v) is 4.91. The number of halogens is 1. The second-order valence-corrected chi connectivity index (χ2v) is 6.60. The molecule has 2 N–H and O–H groups in total. The van der Waals surface area contributed by atoms with Crippen molar-refractivity contribution in [2.24, 2.45) is 11.8 Å². The summed E-state index contributed by atoms with van der Waals surface area (Å²) in [5, 5.41) is 12.6. The summed E-state index contributed by atoms with van der Waals surface area (Å²) in [6, 6.07) is 3.59. The van der Waals surface area contributed by atoms with Gasteiger partial charge in [-0.2, -0.15) is 0 Å². The summed E-state index contributed by atoms with van der Waals surface area (Å²) in [5.41, 5.74) is 0.904. The normalized spacial score (nSPS) is 20.0. The first-order chi connectivity index (χ1) is 12.0. The van der Waals surface area contributed by atoms with Gasteiger partial charge >= 0.3 is 5.97 Å². The molecule has 1 aliphatic rings. The summed E-state index contributed by atoms with van der Waals surface area (Å²) in [6.07, 6.45) is 3.53. The zero-order valence-electron chi connectivity index (χ0n) is 14.5. The van der Waals surface area contributed by atoms with Gasteiger partial charge in [-0.05, 0) is 37.0 Å². The van der Waals surface area contributed by atoms with E-state index >= 15 is 0 Å². The lowest BCUT2D eigenvalue weighted by molar-refractivity contribution is -0.148. The van der Waals surface area contributed by atoms with E-state index in [2.05, 4.69) is 5.32 Å². The summed E-state index contributed by atoms with van der Waals surface area (Å²) in [5.74, 6) is -1.08. The highest BCUT2D eigenvalue weighted by Crippen LogP contribution is 2.36. The Morgan fingerprint density at radius 3 is 2.48 bits per heavy atom. The highest BCUT2D eigenvalue weighted by Gasteiger charge is 2.35. The Labute approximate surface area is 152 Å². The molecule has 0 saturated heterocycles. The summed E-state index contributed by atoms with van der Waals surface area (Å²) >= 11 is 6.17. The minimum absolute atomic E-state index is 0.182. The van der Waals surface area contributed by atoms with E-state index in [0.717, 1.165) is 18.4 Å². The smallest absolute Gasteiger partial charge is 0.307 e. The van der Waals surface area contributed by atoms with Gasteiger partial charge < -0.3 is 19.9 Å². The number of amides is 1. The minimum Gasteiger partial charge on any atom is -0.493 e. The molecule has 7 heteroatoms. The maximum Gasteiger partial charge on any atom is 0.307 e. The lowest BCUT2D eigenvalue weighted by Crippen LogP contribution is -2.40. The predicted molar refractivity (Wildman–Crippen MR) is 94.4 cm³/mol. The molecule has 1 amide bonds. The first-order valence-corrected chi connectivity index (χ1v) is 8.76. The topological polar surface area (TPSA) is 84.9 Å². The Kier molecular flexibility index (Phi) is 6.93. The Bertz CT molecular complexity index is 634. The van der Waals surface area contributed by atoms with Gasteiger partial charge in [-0.3, -0.25) is 9.59 Å². The number of methoxy groups -OCH3 is 2. The molecule has 1 aliphatic carbocycles. The molecule has 1 saturated carbocycles. The van der Waals surface area contributed by atoms with Gasteiger partial charge in [0, 0.05) is 6.54 Å². The van der Waals surface area contributed by atoms with E-state index in [0.29, 0.717) is 42.3 Å². The monoisotopic (exact) mass is 369 g/mol. The van der Waals surface area contributed by atoms with Crippen LogP contribution in [0.1, 0.15) is 31.2 Å². The molecule has 0 radical (unpaired) electrons. The molecule has 0 heterocycles. The van der Waals surface area contributed by atoms with Gasteiger partial charge in [-0.25, -0.2) is 0 Å². The molecule has 138 valence electrons. The molecule has 0 spiro atoms. The van der Waals surface area contributed by atoms with Crippen molar-refractivity contribution in [3.8, 4) is 11.5 Å². The van der Waals surface area contributed by atoms with Gasteiger partial charge in [0.15, 0.2) is 11.5 Å². The maximum atomic E-state index is 12.3. The van der Waals surface area contributed by atoms with Gasteiger partial charge in [-0.1, -0.05) is 24.4 Å². The van der Waals surface area contributed by atoms with Crippen molar-refractivity contribution in [2.75, 3.05) is 20.8 Å². The zero-order chi connectivity index (χ0) is 18.4. The van der Waals surface area contributed by atoms with Gasteiger partial charge in [0.2, 0.25) is 5.91 Å². The van der Waals surface area contributed by atoms with Crippen LogP contribution < -0.4 is 14.8 Å². The number of carboxylic acid groups (broad SMARTS) is 1. The van der Waals surface area contributed by atoms with Crippen LogP contribution in [0.15, 0.2) is 12.1 Å². The van der Waals surface area contributed by atoms with E-state index in [1.807, 2.05) is 6.07 Å². The molecular formula is C18H24ClNO5. The Hall–Kier alpha value is -1.95. The number of hydrogen-bond donors (Lipinski definition) is 2. The summed E-state index contributed by atoms with van der Waals surface area (Å²) in [6.45, 7) is 0.410. The third kappa shape index (κ3) is 4.78. The standard InChI is InChI=1S/C18H24ClNO5/c1-24-15-10-11(9-14(19)16(15)25-2)7-8-20-17(21)12-5-3-4-6-13(12)18(22)23/h9-10,12-13H,3-8H2,1-2H3,(H,20,21)(H,22,23). The number of rotatable bonds is 7. The van der Waals surface area contributed by atoms with Crippen molar-refractivity contribution in [1.29, 1.82) is 0 Å². The van der Waals surface area contributed by atoms with Crippen LogP contribution in [0.5, 0.6) is 11.5 Å². The largest absolute Gasteiger partial charge is 0.493 e. The first kappa shape index (κ1) is 19.4. The molecule has 2 atom stereocenters. The summed E-state index contributed by atoms with van der Waals surface area (Å²) < 4.78 is 10.5. The lowest BCUT2D eigenvalue weighted by atomic mass is 9.78. The van der Waals surface area contributed by atoms with E-state index in [-0.39, 0.29) is 5.91 Å². The molecule has 2 rings (SSSR count). The molecule has 1 fully saturated rings. The van der Waals surface area contributed by atoms with Crippen LogP contribution in [0.2, 0.25) is 5.02 Å². The molecule has 0 aromatic heterocycles. The zero-order valence-corrected chi connectivity index (χ0v) is 15.3. The molecule has 1 aromatic carbocycles. The van der Waals surface area contributed by atoms with Crippen molar-refractivity contribution < 1.29 is 24.2 Å². The molecule has 25 heavy (non-hydrogen) atoms. The van der Waals surface area contributed by atoms with Crippen LogP contribution in [0, 0.1) is 11.8 Å². The predicted octanol–water partition coefficient (Wildman–Crippen LogP) is 2.91. The molecule has 2 unspecified atom stereocenters. The first-order valence-electron chi connectivity index (χ1n) is 8.38. The second kappa shape index (κ2) is 8.94. The number of ether oxygens (including phenoxy) is 2. The van der Waals surface area contributed by atoms with Crippen molar-refractivity contribution >= 4 is 23.5 Å². The van der Waals surface area contributed by atoms with E-state index in [4.69, 9.17) is 21.1 Å². The highest BCUT2D eigenvalue weighted by molar-refractivity contribution is 6.32. The summed E-state index contributed by atoms with van der Waals surface area (Å²) in [7, 11) is 3.06. The van der Waals surface area contributed by atoms with E-state index in [1.165, 1.54) is 14.2 Å². The Morgan fingerprint density at radius 2 is 1.88 bits per heavy atom. The average Bonchev–Trinajstić information content (AvgIpc) is 2.61. The van der Waals surface area contributed by atoms with Crippen LogP contribution >= 0.6 is 11.6 Å². The van der Waals surface area contributed by atoms with Crippen LogP contribution in [-0.4, -0.2) is 37.7 Å². The van der Waals surface area contributed by atoms with E-state index in [1.54, 1.807) is 6.07 Å². The van der Waals surface area contributed by atoms with Crippen LogP contribution in [0.25, 0.3) is 0 Å². The molecule has 0 bridgehead atoms. The molecule has 6 nitrogen and oxygen atoms in total. The van der Waals surface area contributed by atoms with Crippen molar-refractivity contribution in [3.63, 3.8) is 0 Å². The minimum atomic E-state index is -0.883. The number of aliphatic carboxylic acids is 1. The number of carbonyl (C=O) groups is 2. The highest BCUT2D eigenvalue weighted by atomic mass is 35.5. The SMILES string of the molecule is COc1cc(CCNC(=O)C2CCCCC2C(=O)O)cc(Cl)c1OC. The van der Waals surface area contributed by atoms with Gasteiger partial charge in [0.25, 0.3) is 0 Å². The molecule has 1 aromatic rings. The second-order valence-electron chi connectivity index (χ2n) is 6.19. The fraction of sp³-hybridized carbons (Fsp3) is 0.556. The quantitative estimate of drug-likeness (QED) is 0.771. The fourth-order valence-electron chi connectivity index (χ4n) is 3.32. The Balaban J connectivity index is 1.95. The third-order valence-electron chi connectivity index (χ3n) is 4.63. The Morgan fingerprint density at radius 1 is 1.20 bits per heavy atom. The number of hydrogen-bond acceptors (Lipinski definition) is 4. The van der Waals surface area contributed by atoms with Gasteiger partial charge in [0.1, 0.15) is 0 Å². The number of carbonyl (C=O) groups excluding carboxylic acids is 1. The number of carboxylic acids is 1. The fourth-order valence-corrected chi connectivity index (χ4v) is 3.63. The lowest BCUT2D eigenvalue weighted by Gasteiger charge is -2.27. The van der Waals surface area contributed by atoms with Gasteiger partial charge in [0.05, 0.1) is 31.1 Å². The van der Waals surface area contributed by atoms with Crippen molar-refractivity contribution in [3.05, 3.63) is 22.7 Å². The maximum absolute atomic E-state index is 12.3. The van der Waals surface area contributed by atoms with E-state index < -0.39 is 17.8 Å². The van der Waals surface area contributed by atoms with Crippen LogP contribution in [0.4, 0.5) is 0 Å². The number of nitrogens with one attached hydrogen (secondary N) is 1. The molecule has 0 aliphatic heterocycles. The van der Waals surface area contributed by atoms with E-state index in [9.17, 15) is 14.7 Å². The van der Waals surface area contributed by atoms with Crippen LogP contribution in [-0.2, 0) is 16.0 Å². The van der Waals surface area contributed by atoms with Crippen LogP contribution in [0.3, 0.4) is 0 Å². The average molecular weight is 370 g/mol. The summed E-state index contributed by atoms with van der Waals surface area (Å²) in [4.78, 5) is 23.7. The van der Waals surface area contributed by atoms with Crippen molar-refractivity contribution in [1.82, 2.24) is 5.32 Å². The van der Waals surface area contributed by atoms with Crippen molar-refractivity contribution in [2.45, 2.75) is 32.1 Å². The molecular weight excluding hydrogens is 346 g/mol. The van der Waals surface area contributed by atoms with Gasteiger partial charge in [-0.15, -0.1) is 0 Å².